The average Bonchev–Trinajstić information content (AvgIpc) is 3.13. The number of imidazole rings is 1. The van der Waals surface area contributed by atoms with Crippen LogP contribution in [0.15, 0.2) is 81.6 Å². The Kier molecular flexibility index (Phi) is 3.83. The molecule has 0 unspecified atom stereocenters. The molecule has 27 heavy (non-hydrogen) atoms. The highest BCUT2D eigenvalue weighted by atomic mass is 32.2. The summed E-state index contributed by atoms with van der Waals surface area (Å²) in [6, 6.07) is 22.6. The van der Waals surface area contributed by atoms with Crippen LogP contribution in [0, 0.1) is 0 Å². The topological polar surface area (TPSA) is 65.1 Å². The summed E-state index contributed by atoms with van der Waals surface area (Å²) < 4.78 is 0. The van der Waals surface area contributed by atoms with Crippen molar-refractivity contribution in [2.24, 2.45) is 5.10 Å². The SMILES string of the molecule is C/C(=N\Nc1nc2ccccc2[nH]1)c1ccc2c(c1)Nc1ccccc1S2. The predicted octanol–water partition coefficient (Wildman–Crippen LogP) is 5.61. The third-order valence-corrected chi connectivity index (χ3v) is 5.64. The fourth-order valence-corrected chi connectivity index (χ4v) is 4.04. The summed E-state index contributed by atoms with van der Waals surface area (Å²) in [5, 5.41) is 8.00. The number of rotatable bonds is 3. The Labute approximate surface area is 160 Å². The standard InChI is InChI=1S/C21H17N5S/c1-13(25-26-21-23-15-6-2-3-7-16(15)24-21)14-10-11-20-18(12-14)22-17-8-4-5-9-19(17)27-20/h2-12,22H,1H3,(H2,23,24,26)/b25-13+. The van der Waals surface area contributed by atoms with Crippen LogP contribution in [0.2, 0.25) is 0 Å². The Morgan fingerprint density at radius 3 is 2.70 bits per heavy atom. The highest BCUT2D eigenvalue weighted by Crippen LogP contribution is 2.44. The highest BCUT2D eigenvalue weighted by Gasteiger charge is 2.15. The Morgan fingerprint density at radius 1 is 0.963 bits per heavy atom. The second-order valence-electron chi connectivity index (χ2n) is 6.35. The van der Waals surface area contributed by atoms with Crippen LogP contribution < -0.4 is 10.7 Å². The number of anilines is 3. The number of para-hydroxylation sites is 3. The predicted molar refractivity (Wildman–Crippen MR) is 112 cm³/mol. The van der Waals surface area contributed by atoms with E-state index < -0.39 is 0 Å². The van der Waals surface area contributed by atoms with Crippen molar-refractivity contribution in [1.29, 1.82) is 0 Å². The van der Waals surface area contributed by atoms with Gasteiger partial charge < -0.3 is 10.3 Å². The van der Waals surface area contributed by atoms with E-state index in [1.807, 2.05) is 37.3 Å². The molecular formula is C21H17N5S. The molecule has 0 aliphatic carbocycles. The summed E-state index contributed by atoms with van der Waals surface area (Å²) in [7, 11) is 0. The van der Waals surface area contributed by atoms with Crippen molar-refractivity contribution in [3.63, 3.8) is 0 Å². The van der Waals surface area contributed by atoms with E-state index >= 15 is 0 Å². The van der Waals surface area contributed by atoms with Crippen LogP contribution in [0.1, 0.15) is 12.5 Å². The van der Waals surface area contributed by atoms with E-state index in [1.54, 1.807) is 11.8 Å². The van der Waals surface area contributed by atoms with E-state index in [4.69, 9.17) is 0 Å². The van der Waals surface area contributed by atoms with Crippen LogP contribution in [0.3, 0.4) is 0 Å². The molecule has 0 atom stereocenters. The second-order valence-corrected chi connectivity index (χ2v) is 7.43. The molecule has 1 aliphatic rings. The van der Waals surface area contributed by atoms with Crippen molar-refractivity contribution in [3.05, 3.63) is 72.3 Å². The number of aromatic nitrogens is 2. The molecule has 6 heteroatoms. The zero-order valence-electron chi connectivity index (χ0n) is 14.7. The van der Waals surface area contributed by atoms with E-state index in [0.29, 0.717) is 5.95 Å². The Morgan fingerprint density at radius 2 is 1.78 bits per heavy atom. The lowest BCUT2D eigenvalue weighted by Gasteiger charge is -2.21. The number of benzene rings is 3. The van der Waals surface area contributed by atoms with Gasteiger partial charge in [0.15, 0.2) is 0 Å². The van der Waals surface area contributed by atoms with Gasteiger partial charge in [-0.1, -0.05) is 42.1 Å². The zero-order chi connectivity index (χ0) is 18.2. The van der Waals surface area contributed by atoms with Gasteiger partial charge in [0.25, 0.3) is 0 Å². The fourth-order valence-electron chi connectivity index (χ4n) is 3.07. The van der Waals surface area contributed by atoms with Crippen LogP contribution in [-0.4, -0.2) is 15.7 Å². The van der Waals surface area contributed by atoms with E-state index in [0.717, 1.165) is 33.7 Å². The zero-order valence-corrected chi connectivity index (χ0v) is 15.5. The Hall–Kier alpha value is -3.25. The molecule has 4 aromatic rings. The summed E-state index contributed by atoms with van der Waals surface area (Å²) in [5.74, 6) is 0.635. The van der Waals surface area contributed by atoms with Gasteiger partial charge in [-0.05, 0) is 48.9 Å². The summed E-state index contributed by atoms with van der Waals surface area (Å²) in [6.45, 7) is 1.99. The molecular weight excluding hydrogens is 354 g/mol. The first kappa shape index (κ1) is 16.0. The minimum Gasteiger partial charge on any atom is -0.354 e. The maximum Gasteiger partial charge on any atom is 0.222 e. The summed E-state index contributed by atoms with van der Waals surface area (Å²) >= 11 is 1.78. The molecule has 0 saturated heterocycles. The molecule has 5 rings (SSSR count). The van der Waals surface area contributed by atoms with Gasteiger partial charge in [-0.3, -0.25) is 0 Å². The van der Waals surface area contributed by atoms with E-state index in [-0.39, 0.29) is 0 Å². The molecule has 1 aromatic heterocycles. The maximum absolute atomic E-state index is 4.49. The summed E-state index contributed by atoms with van der Waals surface area (Å²) in [5.41, 5.74) is 9.13. The molecule has 0 saturated carbocycles. The molecule has 0 radical (unpaired) electrons. The second kappa shape index (κ2) is 6.48. The number of hydrogen-bond acceptors (Lipinski definition) is 5. The molecule has 3 N–H and O–H groups in total. The van der Waals surface area contributed by atoms with Crippen LogP contribution >= 0.6 is 11.8 Å². The van der Waals surface area contributed by atoms with Gasteiger partial charge in [0, 0.05) is 9.79 Å². The van der Waals surface area contributed by atoms with Gasteiger partial charge in [-0.2, -0.15) is 5.10 Å². The molecule has 0 fully saturated rings. The van der Waals surface area contributed by atoms with Crippen LogP contribution in [-0.2, 0) is 0 Å². The molecule has 0 bridgehead atoms. The minimum atomic E-state index is 0.635. The lowest BCUT2D eigenvalue weighted by molar-refractivity contribution is 1.20. The van der Waals surface area contributed by atoms with Crippen molar-refractivity contribution >= 4 is 45.8 Å². The first-order valence-corrected chi connectivity index (χ1v) is 9.51. The lowest BCUT2D eigenvalue weighted by atomic mass is 10.1. The van der Waals surface area contributed by atoms with Crippen molar-refractivity contribution in [2.45, 2.75) is 16.7 Å². The van der Waals surface area contributed by atoms with E-state index in [2.05, 4.69) is 62.2 Å². The van der Waals surface area contributed by atoms with E-state index in [9.17, 15) is 0 Å². The highest BCUT2D eigenvalue weighted by molar-refractivity contribution is 7.99. The lowest BCUT2D eigenvalue weighted by Crippen LogP contribution is -2.04. The third-order valence-electron chi connectivity index (χ3n) is 4.49. The Balaban J connectivity index is 1.39. The van der Waals surface area contributed by atoms with Crippen molar-refractivity contribution in [3.8, 4) is 0 Å². The molecule has 3 aromatic carbocycles. The number of fused-ring (bicyclic) bond motifs is 3. The molecule has 5 nitrogen and oxygen atoms in total. The summed E-state index contributed by atoms with van der Waals surface area (Å²) in [4.78, 5) is 10.2. The van der Waals surface area contributed by atoms with Gasteiger partial charge in [0.1, 0.15) is 0 Å². The quantitative estimate of drug-likeness (QED) is 0.285. The van der Waals surface area contributed by atoms with Crippen LogP contribution in [0.5, 0.6) is 0 Å². The summed E-state index contributed by atoms with van der Waals surface area (Å²) in [6.07, 6.45) is 0. The van der Waals surface area contributed by atoms with Gasteiger partial charge >= 0.3 is 0 Å². The number of hydrazone groups is 1. The molecule has 1 aliphatic heterocycles. The number of nitrogens with zero attached hydrogens (tertiary/aromatic N) is 2. The number of hydrogen-bond donors (Lipinski definition) is 3. The van der Waals surface area contributed by atoms with Gasteiger partial charge in [0.05, 0.1) is 28.1 Å². The average molecular weight is 371 g/mol. The Bertz CT molecular complexity index is 1150. The molecule has 0 amide bonds. The van der Waals surface area contributed by atoms with Gasteiger partial charge in [-0.25, -0.2) is 10.4 Å². The maximum atomic E-state index is 4.49. The smallest absolute Gasteiger partial charge is 0.222 e. The normalized spacial score (nSPS) is 13.0. The molecule has 132 valence electrons. The number of nitrogens with one attached hydrogen (secondary N) is 3. The molecule has 0 spiro atoms. The first-order chi connectivity index (χ1) is 13.3. The number of aromatic amines is 1. The first-order valence-electron chi connectivity index (χ1n) is 8.70. The van der Waals surface area contributed by atoms with Crippen molar-refractivity contribution < 1.29 is 0 Å². The largest absolute Gasteiger partial charge is 0.354 e. The van der Waals surface area contributed by atoms with Gasteiger partial charge in [-0.15, -0.1) is 0 Å². The van der Waals surface area contributed by atoms with Crippen LogP contribution in [0.25, 0.3) is 11.0 Å². The monoisotopic (exact) mass is 371 g/mol. The van der Waals surface area contributed by atoms with Crippen molar-refractivity contribution in [2.75, 3.05) is 10.7 Å². The van der Waals surface area contributed by atoms with Crippen molar-refractivity contribution in [1.82, 2.24) is 9.97 Å². The van der Waals surface area contributed by atoms with E-state index in [1.165, 1.54) is 9.79 Å². The minimum absolute atomic E-state index is 0.635. The molecule has 2 heterocycles. The fraction of sp³-hybridized carbons (Fsp3) is 0.0476. The number of H-pyrrole nitrogens is 1. The third kappa shape index (κ3) is 3.04. The van der Waals surface area contributed by atoms with Gasteiger partial charge in [0.2, 0.25) is 5.95 Å². The van der Waals surface area contributed by atoms with Crippen LogP contribution in [0.4, 0.5) is 17.3 Å².